The topological polar surface area (TPSA) is 77.3 Å². The molecule has 2 aromatic carbocycles. The quantitative estimate of drug-likeness (QED) is 0.447. The fraction of sp³-hybridized carbons (Fsp3) is 0.360. The van der Waals surface area contributed by atoms with Gasteiger partial charge in [0.25, 0.3) is 0 Å². The Balaban J connectivity index is 1.30. The number of pyridine rings is 1. The van der Waals surface area contributed by atoms with Crippen molar-refractivity contribution < 1.29 is 13.2 Å². The predicted octanol–water partition coefficient (Wildman–Crippen LogP) is 4.46. The molecule has 0 aliphatic carbocycles. The van der Waals surface area contributed by atoms with Gasteiger partial charge in [0.1, 0.15) is 16.8 Å². The SMILES string of the molecule is O=S(=O)(c1cccc2cccnc12)N1CCC(n2c(C3CCCO3)nc3ccccc32)CC1. The van der Waals surface area contributed by atoms with Crippen molar-refractivity contribution in [2.75, 3.05) is 19.7 Å². The normalized spacial score (nSPS) is 20.7. The molecule has 0 bridgehead atoms. The molecule has 2 aromatic heterocycles. The second-order valence-corrected chi connectivity index (χ2v) is 10.7. The maximum absolute atomic E-state index is 13.5. The molecule has 7 nitrogen and oxygen atoms in total. The first-order valence-electron chi connectivity index (χ1n) is 11.6. The van der Waals surface area contributed by atoms with Crippen molar-refractivity contribution >= 4 is 32.0 Å². The Morgan fingerprint density at radius 1 is 0.939 bits per heavy atom. The van der Waals surface area contributed by atoms with Crippen LogP contribution in [0.4, 0.5) is 0 Å². The third-order valence-corrected chi connectivity index (χ3v) is 8.77. The van der Waals surface area contributed by atoms with Crippen LogP contribution in [-0.2, 0) is 14.8 Å². The van der Waals surface area contributed by atoms with E-state index in [2.05, 4.69) is 15.6 Å². The molecular weight excluding hydrogens is 436 g/mol. The number of aromatic nitrogens is 3. The van der Waals surface area contributed by atoms with Gasteiger partial charge in [-0.2, -0.15) is 4.31 Å². The van der Waals surface area contributed by atoms with Gasteiger partial charge in [0.2, 0.25) is 10.0 Å². The Morgan fingerprint density at radius 2 is 1.76 bits per heavy atom. The van der Waals surface area contributed by atoms with Crippen LogP contribution in [0.25, 0.3) is 21.9 Å². The molecule has 4 aromatic rings. The number of hydrogen-bond acceptors (Lipinski definition) is 5. The highest BCUT2D eigenvalue weighted by Gasteiger charge is 2.34. The van der Waals surface area contributed by atoms with Gasteiger partial charge in [-0.25, -0.2) is 13.4 Å². The molecule has 1 atom stereocenters. The van der Waals surface area contributed by atoms with E-state index in [9.17, 15) is 8.42 Å². The number of ether oxygens (including phenoxy) is 1. The zero-order valence-electron chi connectivity index (χ0n) is 18.3. The zero-order valence-corrected chi connectivity index (χ0v) is 19.1. The third kappa shape index (κ3) is 3.53. The molecule has 2 aliphatic heterocycles. The molecule has 4 heterocycles. The minimum absolute atomic E-state index is 0.0147. The van der Waals surface area contributed by atoms with Gasteiger partial charge >= 0.3 is 0 Å². The van der Waals surface area contributed by atoms with Gasteiger partial charge in [0, 0.05) is 37.3 Å². The monoisotopic (exact) mass is 462 g/mol. The number of nitrogens with zero attached hydrogens (tertiary/aromatic N) is 4. The van der Waals surface area contributed by atoms with Gasteiger partial charge in [-0.3, -0.25) is 4.98 Å². The number of para-hydroxylation sites is 3. The summed E-state index contributed by atoms with van der Waals surface area (Å²) in [5.74, 6) is 0.980. The zero-order chi connectivity index (χ0) is 22.4. The smallest absolute Gasteiger partial charge is 0.245 e. The van der Waals surface area contributed by atoms with Gasteiger partial charge in [-0.1, -0.05) is 30.3 Å². The van der Waals surface area contributed by atoms with Crippen molar-refractivity contribution in [1.29, 1.82) is 0 Å². The number of rotatable bonds is 4. The highest BCUT2D eigenvalue weighted by molar-refractivity contribution is 7.89. The van der Waals surface area contributed by atoms with Crippen LogP contribution in [-0.4, -0.2) is 47.0 Å². The van der Waals surface area contributed by atoms with Crippen molar-refractivity contribution in [3.63, 3.8) is 0 Å². The van der Waals surface area contributed by atoms with Gasteiger partial charge in [0.05, 0.1) is 16.6 Å². The highest BCUT2D eigenvalue weighted by atomic mass is 32.2. The third-order valence-electron chi connectivity index (χ3n) is 6.84. The summed E-state index contributed by atoms with van der Waals surface area (Å²) < 4.78 is 37.0. The molecule has 0 radical (unpaired) electrons. The van der Waals surface area contributed by atoms with Gasteiger partial charge in [0.15, 0.2) is 0 Å². The summed E-state index contributed by atoms with van der Waals surface area (Å²) in [4.78, 5) is 9.56. The number of fused-ring (bicyclic) bond motifs is 2. The van der Waals surface area contributed by atoms with E-state index in [-0.39, 0.29) is 17.0 Å². The maximum atomic E-state index is 13.5. The minimum atomic E-state index is -3.63. The van der Waals surface area contributed by atoms with Gasteiger partial charge in [-0.05, 0) is 49.9 Å². The van der Waals surface area contributed by atoms with E-state index < -0.39 is 10.0 Å². The van der Waals surface area contributed by atoms with E-state index in [1.54, 1.807) is 22.6 Å². The van der Waals surface area contributed by atoms with Crippen LogP contribution in [0.15, 0.2) is 65.7 Å². The molecule has 1 unspecified atom stereocenters. The van der Waals surface area contributed by atoms with Crippen molar-refractivity contribution in [2.45, 2.75) is 42.7 Å². The number of hydrogen-bond donors (Lipinski definition) is 0. The van der Waals surface area contributed by atoms with Crippen LogP contribution in [0, 0.1) is 0 Å². The predicted molar refractivity (Wildman–Crippen MR) is 126 cm³/mol. The Morgan fingerprint density at radius 3 is 2.58 bits per heavy atom. The summed E-state index contributed by atoms with van der Waals surface area (Å²) in [5, 5.41) is 0.833. The number of sulfonamides is 1. The summed E-state index contributed by atoms with van der Waals surface area (Å²) in [6, 6.07) is 17.4. The van der Waals surface area contributed by atoms with E-state index in [1.165, 1.54) is 0 Å². The lowest BCUT2D eigenvalue weighted by atomic mass is 10.1. The van der Waals surface area contributed by atoms with Crippen LogP contribution in [0.2, 0.25) is 0 Å². The van der Waals surface area contributed by atoms with Crippen LogP contribution < -0.4 is 0 Å². The van der Waals surface area contributed by atoms with Crippen LogP contribution >= 0.6 is 0 Å². The fourth-order valence-electron chi connectivity index (χ4n) is 5.22. The van der Waals surface area contributed by atoms with Crippen molar-refractivity contribution in [3.8, 4) is 0 Å². The second kappa shape index (κ2) is 8.20. The van der Waals surface area contributed by atoms with Gasteiger partial charge < -0.3 is 9.30 Å². The molecule has 0 amide bonds. The summed E-state index contributed by atoms with van der Waals surface area (Å²) in [6.45, 7) is 1.70. The highest BCUT2D eigenvalue weighted by Crippen LogP contribution is 2.37. The van der Waals surface area contributed by atoms with Crippen molar-refractivity contribution in [2.24, 2.45) is 0 Å². The fourth-order valence-corrected chi connectivity index (χ4v) is 6.85. The summed E-state index contributed by atoms with van der Waals surface area (Å²) in [7, 11) is -3.63. The van der Waals surface area contributed by atoms with Crippen LogP contribution in [0.5, 0.6) is 0 Å². The summed E-state index contributed by atoms with van der Waals surface area (Å²) in [6.07, 6.45) is 5.15. The average Bonchev–Trinajstić information content (AvgIpc) is 3.52. The molecule has 2 aliphatic rings. The van der Waals surface area contributed by atoms with Gasteiger partial charge in [-0.15, -0.1) is 0 Å². The first-order valence-corrected chi connectivity index (χ1v) is 13.0. The lowest BCUT2D eigenvalue weighted by molar-refractivity contribution is 0.0991. The first kappa shape index (κ1) is 20.8. The molecule has 0 spiro atoms. The molecule has 6 rings (SSSR count). The molecule has 2 saturated heterocycles. The Hall–Kier alpha value is -2.81. The van der Waals surface area contributed by atoms with Crippen LogP contribution in [0.3, 0.4) is 0 Å². The van der Waals surface area contributed by atoms with E-state index in [1.807, 2.05) is 36.4 Å². The van der Waals surface area contributed by atoms with Crippen LogP contribution in [0.1, 0.15) is 43.7 Å². The molecule has 33 heavy (non-hydrogen) atoms. The molecule has 170 valence electrons. The van der Waals surface area contributed by atoms with E-state index >= 15 is 0 Å². The second-order valence-electron chi connectivity index (χ2n) is 8.80. The molecular formula is C25H26N4O3S. The molecule has 2 fully saturated rings. The molecule has 0 N–H and O–H groups in total. The Kier molecular flexibility index (Phi) is 5.16. The van der Waals surface area contributed by atoms with Crippen molar-refractivity contribution in [3.05, 3.63) is 66.6 Å². The number of piperidine rings is 1. The molecule has 8 heteroatoms. The van der Waals surface area contributed by atoms with E-state index in [0.717, 1.165) is 54.5 Å². The Labute approximate surface area is 193 Å². The van der Waals surface area contributed by atoms with E-state index in [4.69, 9.17) is 9.72 Å². The lowest BCUT2D eigenvalue weighted by Crippen LogP contribution is -2.39. The summed E-state index contributed by atoms with van der Waals surface area (Å²) >= 11 is 0. The first-order chi connectivity index (χ1) is 16.1. The molecule has 0 saturated carbocycles. The Bertz CT molecular complexity index is 1410. The lowest BCUT2D eigenvalue weighted by Gasteiger charge is -2.33. The van der Waals surface area contributed by atoms with E-state index in [0.29, 0.717) is 18.6 Å². The summed E-state index contributed by atoms with van der Waals surface area (Å²) in [5.41, 5.74) is 2.60. The number of imidazole rings is 1. The number of benzene rings is 2. The van der Waals surface area contributed by atoms with Crippen molar-refractivity contribution in [1.82, 2.24) is 18.8 Å². The minimum Gasteiger partial charge on any atom is -0.370 e. The standard InChI is InChI=1S/C25H26N4O3S/c30-33(31,23-11-3-6-18-7-4-14-26-24(18)23)28-15-12-19(13-16-28)29-21-9-2-1-8-20(21)27-25(29)22-10-5-17-32-22/h1-4,6-9,11,14,19,22H,5,10,12-13,15-17H2. The maximum Gasteiger partial charge on any atom is 0.245 e. The average molecular weight is 463 g/mol. The largest absolute Gasteiger partial charge is 0.370 e.